The molecule has 0 aliphatic carbocycles. The molecule has 0 saturated heterocycles. The molecule has 0 heterocycles. The van der Waals surface area contributed by atoms with Gasteiger partial charge >= 0.3 is 0 Å². The standard InChI is InChI=1S/C14H24N2O/c1-11-6-5-7-12(15)13(11)16-10-14(2,3)8-9-17-4/h5-7,16H,8-10,15H2,1-4H3. The van der Waals surface area contributed by atoms with Gasteiger partial charge in [0.05, 0.1) is 11.4 Å². The number of para-hydroxylation sites is 1. The minimum Gasteiger partial charge on any atom is -0.397 e. The van der Waals surface area contributed by atoms with Gasteiger partial charge in [-0.2, -0.15) is 0 Å². The van der Waals surface area contributed by atoms with E-state index in [0.717, 1.165) is 30.9 Å². The molecule has 0 saturated carbocycles. The van der Waals surface area contributed by atoms with Gasteiger partial charge in [-0.1, -0.05) is 26.0 Å². The van der Waals surface area contributed by atoms with E-state index in [1.807, 2.05) is 12.1 Å². The molecule has 0 aromatic heterocycles. The summed E-state index contributed by atoms with van der Waals surface area (Å²) in [6, 6.07) is 5.98. The van der Waals surface area contributed by atoms with Gasteiger partial charge in [0, 0.05) is 20.3 Å². The summed E-state index contributed by atoms with van der Waals surface area (Å²) in [6.45, 7) is 8.21. The van der Waals surface area contributed by atoms with Crippen LogP contribution in [-0.2, 0) is 4.74 Å². The van der Waals surface area contributed by atoms with Gasteiger partial charge in [-0.05, 0) is 30.4 Å². The Morgan fingerprint density at radius 1 is 1.35 bits per heavy atom. The van der Waals surface area contributed by atoms with Gasteiger partial charge in [0.2, 0.25) is 0 Å². The fraction of sp³-hybridized carbons (Fsp3) is 0.571. The Kier molecular flexibility index (Phi) is 4.82. The van der Waals surface area contributed by atoms with Crippen molar-refractivity contribution in [2.45, 2.75) is 27.2 Å². The zero-order chi connectivity index (χ0) is 12.9. The van der Waals surface area contributed by atoms with Gasteiger partial charge in [0.15, 0.2) is 0 Å². The number of nitrogen functional groups attached to an aromatic ring is 1. The number of hydrogen-bond donors (Lipinski definition) is 2. The van der Waals surface area contributed by atoms with Crippen LogP contribution in [0.4, 0.5) is 11.4 Å². The number of anilines is 2. The van der Waals surface area contributed by atoms with E-state index in [4.69, 9.17) is 10.5 Å². The molecule has 0 aliphatic heterocycles. The molecule has 1 aromatic rings. The second kappa shape index (κ2) is 5.92. The molecular weight excluding hydrogens is 212 g/mol. The SMILES string of the molecule is COCCC(C)(C)CNc1c(C)cccc1N. The Morgan fingerprint density at radius 3 is 2.65 bits per heavy atom. The Labute approximate surface area is 104 Å². The number of hydrogen-bond acceptors (Lipinski definition) is 3. The van der Waals surface area contributed by atoms with Crippen LogP contribution in [0.1, 0.15) is 25.8 Å². The minimum absolute atomic E-state index is 0.199. The monoisotopic (exact) mass is 236 g/mol. The highest BCUT2D eigenvalue weighted by molar-refractivity contribution is 5.69. The summed E-state index contributed by atoms with van der Waals surface area (Å²) in [6.07, 6.45) is 1.03. The second-order valence-corrected chi connectivity index (χ2v) is 5.30. The van der Waals surface area contributed by atoms with Crippen LogP contribution in [0.25, 0.3) is 0 Å². The summed E-state index contributed by atoms with van der Waals surface area (Å²) in [5.74, 6) is 0. The van der Waals surface area contributed by atoms with Crippen molar-refractivity contribution in [2.75, 3.05) is 31.3 Å². The van der Waals surface area contributed by atoms with Gasteiger partial charge < -0.3 is 15.8 Å². The molecule has 0 bridgehead atoms. The van der Waals surface area contributed by atoms with E-state index in [-0.39, 0.29) is 5.41 Å². The molecule has 96 valence electrons. The molecule has 0 amide bonds. The summed E-state index contributed by atoms with van der Waals surface area (Å²) in [7, 11) is 1.74. The molecule has 3 N–H and O–H groups in total. The van der Waals surface area contributed by atoms with E-state index in [2.05, 4.69) is 32.2 Å². The lowest BCUT2D eigenvalue weighted by molar-refractivity contribution is 0.157. The van der Waals surface area contributed by atoms with Crippen LogP contribution in [0.5, 0.6) is 0 Å². The highest BCUT2D eigenvalue weighted by Crippen LogP contribution is 2.26. The first-order valence-corrected chi connectivity index (χ1v) is 6.04. The largest absolute Gasteiger partial charge is 0.397 e. The number of aryl methyl sites for hydroxylation is 1. The molecule has 0 unspecified atom stereocenters. The maximum absolute atomic E-state index is 5.96. The summed E-state index contributed by atoms with van der Waals surface area (Å²) in [5, 5.41) is 3.45. The Morgan fingerprint density at radius 2 is 2.06 bits per heavy atom. The van der Waals surface area contributed by atoms with Gasteiger partial charge in [-0.25, -0.2) is 0 Å². The molecule has 0 aliphatic rings. The molecule has 1 rings (SSSR count). The summed E-state index contributed by atoms with van der Waals surface area (Å²) < 4.78 is 5.12. The molecule has 3 nitrogen and oxygen atoms in total. The molecule has 3 heteroatoms. The molecule has 1 aromatic carbocycles. The smallest absolute Gasteiger partial charge is 0.0603 e. The summed E-state index contributed by atoms with van der Waals surface area (Å²) in [5.41, 5.74) is 9.22. The van der Waals surface area contributed by atoms with Crippen LogP contribution in [0.15, 0.2) is 18.2 Å². The Bertz CT molecular complexity index is 341. The topological polar surface area (TPSA) is 47.3 Å². The average molecular weight is 236 g/mol. The second-order valence-electron chi connectivity index (χ2n) is 5.30. The Balaban J connectivity index is 2.60. The van der Waals surface area contributed by atoms with Crippen molar-refractivity contribution in [3.05, 3.63) is 23.8 Å². The first-order chi connectivity index (χ1) is 7.96. The van der Waals surface area contributed by atoms with Gasteiger partial charge in [-0.3, -0.25) is 0 Å². The fourth-order valence-corrected chi connectivity index (χ4v) is 1.73. The van der Waals surface area contributed by atoms with Crippen LogP contribution in [0.3, 0.4) is 0 Å². The molecular formula is C14H24N2O. The number of nitrogens with two attached hydrogens (primary N) is 1. The molecule has 0 spiro atoms. The van der Waals surface area contributed by atoms with Crippen molar-refractivity contribution < 1.29 is 4.74 Å². The van der Waals surface area contributed by atoms with Crippen molar-refractivity contribution in [3.8, 4) is 0 Å². The average Bonchev–Trinajstić information content (AvgIpc) is 2.26. The number of ether oxygens (including phenoxy) is 1. The third-order valence-corrected chi connectivity index (χ3v) is 3.03. The molecule has 0 fully saturated rings. The van der Waals surface area contributed by atoms with Gasteiger partial charge in [-0.15, -0.1) is 0 Å². The lowest BCUT2D eigenvalue weighted by Gasteiger charge is -2.26. The van der Waals surface area contributed by atoms with E-state index < -0.39 is 0 Å². The number of nitrogens with one attached hydrogen (secondary N) is 1. The van der Waals surface area contributed by atoms with E-state index in [0.29, 0.717) is 0 Å². The van der Waals surface area contributed by atoms with Gasteiger partial charge in [0.1, 0.15) is 0 Å². The maximum atomic E-state index is 5.96. The number of rotatable bonds is 6. The lowest BCUT2D eigenvalue weighted by atomic mass is 9.89. The van der Waals surface area contributed by atoms with E-state index in [1.165, 1.54) is 5.56 Å². The molecule has 17 heavy (non-hydrogen) atoms. The zero-order valence-corrected chi connectivity index (χ0v) is 11.3. The maximum Gasteiger partial charge on any atom is 0.0603 e. The number of methoxy groups -OCH3 is 1. The summed E-state index contributed by atoms with van der Waals surface area (Å²) >= 11 is 0. The highest BCUT2D eigenvalue weighted by Gasteiger charge is 2.17. The van der Waals surface area contributed by atoms with Crippen LogP contribution in [-0.4, -0.2) is 20.3 Å². The predicted octanol–water partition coefficient (Wildman–Crippen LogP) is 3.05. The number of benzene rings is 1. The highest BCUT2D eigenvalue weighted by atomic mass is 16.5. The van der Waals surface area contributed by atoms with E-state index in [9.17, 15) is 0 Å². The minimum atomic E-state index is 0.199. The van der Waals surface area contributed by atoms with Crippen molar-refractivity contribution in [3.63, 3.8) is 0 Å². The Hall–Kier alpha value is -1.22. The molecule has 0 atom stereocenters. The van der Waals surface area contributed by atoms with Crippen LogP contribution in [0.2, 0.25) is 0 Å². The van der Waals surface area contributed by atoms with E-state index in [1.54, 1.807) is 7.11 Å². The summed E-state index contributed by atoms with van der Waals surface area (Å²) in [4.78, 5) is 0. The fourth-order valence-electron chi connectivity index (χ4n) is 1.73. The van der Waals surface area contributed by atoms with Crippen LogP contribution < -0.4 is 11.1 Å². The molecule has 0 radical (unpaired) electrons. The predicted molar refractivity (Wildman–Crippen MR) is 74.4 cm³/mol. The first-order valence-electron chi connectivity index (χ1n) is 6.04. The van der Waals surface area contributed by atoms with Crippen LogP contribution in [0, 0.1) is 12.3 Å². The third-order valence-electron chi connectivity index (χ3n) is 3.03. The van der Waals surface area contributed by atoms with Crippen molar-refractivity contribution >= 4 is 11.4 Å². The van der Waals surface area contributed by atoms with E-state index >= 15 is 0 Å². The van der Waals surface area contributed by atoms with Crippen molar-refractivity contribution in [1.82, 2.24) is 0 Å². The first kappa shape index (κ1) is 13.8. The quantitative estimate of drug-likeness (QED) is 0.746. The van der Waals surface area contributed by atoms with Gasteiger partial charge in [0.25, 0.3) is 0 Å². The third kappa shape index (κ3) is 4.27. The van der Waals surface area contributed by atoms with Crippen molar-refractivity contribution in [2.24, 2.45) is 5.41 Å². The lowest BCUT2D eigenvalue weighted by Crippen LogP contribution is -2.25. The zero-order valence-electron chi connectivity index (χ0n) is 11.3. The van der Waals surface area contributed by atoms with Crippen LogP contribution >= 0.6 is 0 Å². The normalized spacial score (nSPS) is 11.5. The van der Waals surface area contributed by atoms with Crippen molar-refractivity contribution in [1.29, 1.82) is 0 Å².